The molecule has 134 valence electrons. The molecule has 1 N–H and O–H groups in total. The Labute approximate surface area is 150 Å². The van der Waals surface area contributed by atoms with E-state index in [1.165, 1.54) is 0 Å². The quantitative estimate of drug-likeness (QED) is 0.826. The van der Waals surface area contributed by atoms with Gasteiger partial charge in [0.2, 0.25) is 5.95 Å². The van der Waals surface area contributed by atoms with Gasteiger partial charge in [0.25, 0.3) is 5.91 Å². The van der Waals surface area contributed by atoms with Crippen molar-refractivity contribution in [3.63, 3.8) is 0 Å². The molecule has 5 nitrogen and oxygen atoms in total. The minimum absolute atomic E-state index is 0.0726. The normalized spacial score (nSPS) is 12.1. The van der Waals surface area contributed by atoms with Gasteiger partial charge in [0.15, 0.2) is 0 Å². The molecule has 0 saturated carbocycles. The lowest BCUT2D eigenvalue weighted by Gasteiger charge is -2.27. The van der Waals surface area contributed by atoms with Crippen molar-refractivity contribution in [2.24, 2.45) is 0 Å². The Bertz CT molecular complexity index is 700. The van der Waals surface area contributed by atoms with Crippen LogP contribution in [0.5, 0.6) is 0 Å². The Morgan fingerprint density at radius 1 is 1.16 bits per heavy atom. The largest absolute Gasteiger partial charge is 0.352 e. The topological polar surface area (TPSA) is 58.1 Å². The second kappa shape index (κ2) is 8.60. The molecule has 0 aliphatic carbocycles. The van der Waals surface area contributed by atoms with E-state index in [4.69, 9.17) is 0 Å². The van der Waals surface area contributed by atoms with Crippen LogP contribution in [-0.4, -0.2) is 32.9 Å². The molecule has 5 heteroatoms. The van der Waals surface area contributed by atoms with Crippen LogP contribution in [0, 0.1) is 6.92 Å². The number of aryl methyl sites for hydroxylation is 1. The van der Waals surface area contributed by atoms with Crippen LogP contribution in [0.1, 0.15) is 55.9 Å². The maximum atomic E-state index is 13.1. The van der Waals surface area contributed by atoms with E-state index in [9.17, 15) is 4.79 Å². The highest BCUT2D eigenvalue weighted by Crippen LogP contribution is 2.15. The molecule has 1 unspecified atom stereocenters. The molecule has 0 saturated heterocycles. The van der Waals surface area contributed by atoms with E-state index < -0.39 is 0 Å². The van der Waals surface area contributed by atoms with Crippen molar-refractivity contribution < 1.29 is 4.79 Å². The number of amides is 1. The predicted octanol–water partition coefficient (Wildman–Crippen LogP) is 4.05. The summed E-state index contributed by atoms with van der Waals surface area (Å²) in [5.41, 5.74) is 2.32. The van der Waals surface area contributed by atoms with Crippen LogP contribution >= 0.6 is 0 Å². The third kappa shape index (κ3) is 5.28. The minimum atomic E-state index is -0.0726. The van der Waals surface area contributed by atoms with Crippen molar-refractivity contribution in [2.75, 3.05) is 5.32 Å². The highest BCUT2D eigenvalue weighted by molar-refractivity contribution is 5.92. The molecular weight excluding hydrogens is 312 g/mol. The third-order valence-corrected chi connectivity index (χ3v) is 4.14. The van der Waals surface area contributed by atoms with E-state index in [2.05, 4.69) is 29.1 Å². The molecule has 25 heavy (non-hydrogen) atoms. The molecule has 2 aromatic rings. The molecule has 2 rings (SSSR count). The number of hydrogen-bond acceptors (Lipinski definition) is 4. The molecule has 0 fully saturated rings. The van der Waals surface area contributed by atoms with Gasteiger partial charge >= 0.3 is 0 Å². The van der Waals surface area contributed by atoms with Crippen LogP contribution in [0.3, 0.4) is 0 Å². The molecule has 1 aromatic heterocycles. The first-order valence-electron chi connectivity index (χ1n) is 8.87. The number of aromatic nitrogens is 2. The van der Waals surface area contributed by atoms with Crippen LogP contribution in [0.4, 0.5) is 5.95 Å². The summed E-state index contributed by atoms with van der Waals surface area (Å²) >= 11 is 0. The summed E-state index contributed by atoms with van der Waals surface area (Å²) in [6.45, 7) is 10.7. The molecule has 0 bridgehead atoms. The Morgan fingerprint density at radius 3 is 2.44 bits per heavy atom. The number of rotatable bonds is 7. The van der Waals surface area contributed by atoms with Gasteiger partial charge in [-0.25, -0.2) is 9.97 Å². The van der Waals surface area contributed by atoms with Gasteiger partial charge in [-0.3, -0.25) is 4.79 Å². The molecule has 1 atom stereocenters. The molecule has 0 radical (unpaired) electrons. The van der Waals surface area contributed by atoms with Crippen LogP contribution < -0.4 is 5.32 Å². The van der Waals surface area contributed by atoms with Gasteiger partial charge in [-0.1, -0.05) is 37.3 Å². The second-order valence-corrected chi connectivity index (χ2v) is 6.68. The van der Waals surface area contributed by atoms with Gasteiger partial charge in [-0.2, -0.15) is 0 Å². The summed E-state index contributed by atoms with van der Waals surface area (Å²) in [4.78, 5) is 23.7. The molecule has 0 spiro atoms. The van der Waals surface area contributed by atoms with Crippen LogP contribution in [0.25, 0.3) is 0 Å². The fraction of sp³-hybridized carbons (Fsp3) is 0.450. The molecule has 0 aliphatic heterocycles. The fourth-order valence-corrected chi connectivity index (χ4v) is 2.48. The summed E-state index contributed by atoms with van der Waals surface area (Å²) < 4.78 is 0. The first-order chi connectivity index (χ1) is 11.9. The minimum Gasteiger partial charge on any atom is -0.352 e. The molecule has 1 amide bonds. The van der Waals surface area contributed by atoms with Crippen LogP contribution in [-0.2, 0) is 6.54 Å². The van der Waals surface area contributed by atoms with E-state index in [1.807, 2.05) is 56.0 Å². The lowest BCUT2D eigenvalue weighted by Crippen LogP contribution is -2.37. The number of hydrogen-bond donors (Lipinski definition) is 1. The van der Waals surface area contributed by atoms with Gasteiger partial charge in [-0.05, 0) is 45.7 Å². The van der Waals surface area contributed by atoms with Crippen molar-refractivity contribution in [3.8, 4) is 0 Å². The molecular formula is C20H28N4O. The summed E-state index contributed by atoms with van der Waals surface area (Å²) in [6.07, 6.45) is 0.965. The lowest BCUT2D eigenvalue weighted by molar-refractivity contribution is 0.0684. The number of carbonyl (C=O) groups excluding carboxylic acids is 1. The zero-order valence-electron chi connectivity index (χ0n) is 15.8. The fourth-order valence-electron chi connectivity index (χ4n) is 2.48. The molecule has 1 heterocycles. The Kier molecular flexibility index (Phi) is 6.51. The maximum absolute atomic E-state index is 13.1. The Hall–Kier alpha value is -2.43. The summed E-state index contributed by atoms with van der Waals surface area (Å²) in [5.74, 6) is 0.442. The van der Waals surface area contributed by atoms with Gasteiger partial charge in [0, 0.05) is 24.3 Å². The number of carbonyl (C=O) groups is 1. The van der Waals surface area contributed by atoms with Crippen LogP contribution in [0.15, 0.2) is 36.4 Å². The van der Waals surface area contributed by atoms with Crippen molar-refractivity contribution >= 4 is 11.9 Å². The maximum Gasteiger partial charge on any atom is 0.273 e. The Morgan fingerprint density at radius 2 is 1.84 bits per heavy atom. The van der Waals surface area contributed by atoms with E-state index in [1.54, 1.807) is 6.07 Å². The monoisotopic (exact) mass is 340 g/mol. The van der Waals surface area contributed by atoms with Gasteiger partial charge < -0.3 is 10.2 Å². The molecule has 0 aliphatic rings. The predicted molar refractivity (Wildman–Crippen MR) is 102 cm³/mol. The van der Waals surface area contributed by atoms with Crippen molar-refractivity contribution in [3.05, 3.63) is 53.3 Å². The average Bonchev–Trinajstić information content (AvgIpc) is 2.59. The van der Waals surface area contributed by atoms with Gasteiger partial charge in [0.1, 0.15) is 5.69 Å². The average molecular weight is 340 g/mol. The third-order valence-electron chi connectivity index (χ3n) is 4.14. The smallest absolute Gasteiger partial charge is 0.273 e. The standard InChI is InChI=1S/C20H28N4O/c1-6-15(4)21-20-22-16(5)12-18(23-20)19(25)24(14(2)3)13-17-10-8-7-9-11-17/h7-12,14-15H,6,13H2,1-5H3,(H,21,22,23). The summed E-state index contributed by atoms with van der Waals surface area (Å²) in [5, 5.41) is 3.25. The van der Waals surface area contributed by atoms with Gasteiger partial charge in [0.05, 0.1) is 0 Å². The number of anilines is 1. The highest BCUT2D eigenvalue weighted by Gasteiger charge is 2.21. The van der Waals surface area contributed by atoms with Gasteiger partial charge in [-0.15, -0.1) is 0 Å². The summed E-state index contributed by atoms with van der Waals surface area (Å²) in [7, 11) is 0. The van der Waals surface area contributed by atoms with Crippen LogP contribution in [0.2, 0.25) is 0 Å². The van der Waals surface area contributed by atoms with E-state index in [0.29, 0.717) is 18.2 Å². The Balaban J connectivity index is 2.26. The first-order valence-corrected chi connectivity index (χ1v) is 8.87. The van der Waals surface area contributed by atoms with Crippen molar-refractivity contribution in [2.45, 2.75) is 59.7 Å². The zero-order valence-corrected chi connectivity index (χ0v) is 15.8. The number of nitrogens with zero attached hydrogens (tertiary/aromatic N) is 3. The van der Waals surface area contributed by atoms with E-state index in [0.717, 1.165) is 17.7 Å². The van der Waals surface area contributed by atoms with Crippen molar-refractivity contribution in [1.29, 1.82) is 0 Å². The summed E-state index contributed by atoms with van der Waals surface area (Å²) in [6, 6.07) is 12.1. The lowest BCUT2D eigenvalue weighted by atomic mass is 10.1. The van der Waals surface area contributed by atoms with E-state index >= 15 is 0 Å². The molecule has 1 aromatic carbocycles. The number of nitrogens with one attached hydrogen (secondary N) is 1. The first kappa shape index (κ1) is 18.9. The zero-order chi connectivity index (χ0) is 18.4. The second-order valence-electron chi connectivity index (χ2n) is 6.68. The van der Waals surface area contributed by atoms with E-state index in [-0.39, 0.29) is 18.0 Å². The number of benzene rings is 1. The van der Waals surface area contributed by atoms with Crippen molar-refractivity contribution in [1.82, 2.24) is 14.9 Å². The highest BCUT2D eigenvalue weighted by atomic mass is 16.2. The SMILES string of the molecule is CCC(C)Nc1nc(C)cc(C(=O)N(Cc2ccccc2)C(C)C)n1.